The van der Waals surface area contributed by atoms with Crippen LogP contribution in [0.2, 0.25) is 0 Å². The van der Waals surface area contributed by atoms with Crippen LogP contribution in [-0.2, 0) is 0 Å². The van der Waals surface area contributed by atoms with Crippen LogP contribution in [0.25, 0.3) is 0 Å². The lowest BCUT2D eigenvalue weighted by atomic mass is 9.80. The third-order valence-electron chi connectivity index (χ3n) is 24.5. The topological polar surface area (TPSA) is 173 Å². The summed E-state index contributed by atoms with van der Waals surface area (Å²) in [5.41, 5.74) is 12.4. The molecule has 0 amide bonds. The van der Waals surface area contributed by atoms with Gasteiger partial charge in [0.05, 0.1) is 57.8 Å². The maximum absolute atomic E-state index is 14.2. The highest BCUT2D eigenvalue weighted by Crippen LogP contribution is 2.48. The van der Waals surface area contributed by atoms with Gasteiger partial charge in [0, 0.05) is 127 Å². The smallest absolute Gasteiger partial charge is 0.343 e. The summed E-state index contributed by atoms with van der Waals surface area (Å²) in [6.07, 6.45) is 47.1. The van der Waals surface area contributed by atoms with Gasteiger partial charge in [-0.05, 0) is 257 Å². The number of rotatable bonds is 48. The van der Waals surface area contributed by atoms with E-state index in [1.807, 2.05) is 112 Å². The number of pyridine rings is 3. The predicted octanol–water partition coefficient (Wildman–Crippen LogP) is 29.0. The molecule has 0 saturated carbocycles. The van der Waals surface area contributed by atoms with Crippen molar-refractivity contribution >= 4 is 17.9 Å². The molecule has 142 heavy (non-hydrogen) atoms. The molecule has 0 N–H and O–H groups in total. The first kappa shape index (κ1) is 106. The summed E-state index contributed by atoms with van der Waals surface area (Å²) in [5.74, 6) is 42.2. The van der Waals surface area contributed by atoms with E-state index in [0.717, 1.165) is 55.2 Å². The van der Waals surface area contributed by atoms with E-state index in [-0.39, 0.29) is 17.2 Å². The van der Waals surface area contributed by atoms with E-state index in [9.17, 15) is 14.4 Å². The standard InChI is InChI=1S/C127H133N3O12/c1-10-13-16-19-22-25-28-31-34-37-73-137-112-64-58-109(59-65-112)125(131)140-115-82-103(49-46-97-43-40-70-128-91-97)79-106(85-115)55-52-100-76-94(4)122(134-7)118(88-100)121(119-89-101(77-95(5)123(119)135-8)53-56-107-80-104(50-47-98-44-41-71-129-92-98)83-116(86-107)141-126(132)110-60-66-113(67-61-110)138-74-38-35-32-29-26-23-20-17-14-11-2)120-90-102(78-96(6)124(120)136-9)54-57-108-81-105(51-48-99-45-42-72-130-93-99)84-117(87-108)142-127(133)111-62-68-114(69-63-111)139-75-39-36-33-30-27-24-21-18-15-12-3/h40-45,58-72,76-93,121H,10-39,73-75H2,1-9H3. The Morgan fingerprint density at radius 3 is 0.669 bits per heavy atom. The molecule has 0 atom stereocenters. The number of ether oxygens (including phenoxy) is 9. The van der Waals surface area contributed by atoms with Gasteiger partial charge in [-0.2, -0.15) is 0 Å². The summed E-state index contributed by atoms with van der Waals surface area (Å²) >= 11 is 0. The van der Waals surface area contributed by atoms with Crippen molar-refractivity contribution in [3.8, 4) is 123 Å². The SMILES string of the molecule is CCCCCCCCCCCCOc1ccc(C(=O)Oc2cc(C#Cc3cccnc3)cc(C#Cc3cc(C)c(OC)c(C(c4cc(C#Cc5cc(C#Cc6cccnc6)cc(OC(=O)c6ccc(OCCCCCCCCCCCC)cc6)c5)cc(C)c4OC)c4cc(C#Cc5cc(C#Cc6cccnc6)cc(OC(=O)c6ccc(OCCCCCCCCCCCC)cc6)c5)cc(C)c4OC)c3)c2)cc1. The van der Waals surface area contributed by atoms with Gasteiger partial charge in [0.2, 0.25) is 0 Å². The maximum Gasteiger partial charge on any atom is 0.343 e. The van der Waals surface area contributed by atoms with E-state index in [0.29, 0.717) is 154 Å². The molecule has 0 unspecified atom stereocenters. The van der Waals surface area contributed by atoms with Gasteiger partial charge in [0.25, 0.3) is 0 Å². The van der Waals surface area contributed by atoms with Gasteiger partial charge in [-0.1, -0.05) is 265 Å². The van der Waals surface area contributed by atoms with Gasteiger partial charge in [0.15, 0.2) is 0 Å². The van der Waals surface area contributed by atoms with Crippen molar-refractivity contribution < 1.29 is 57.0 Å². The van der Waals surface area contributed by atoms with Crippen LogP contribution in [-0.4, -0.2) is 74.0 Å². The molecule has 0 saturated heterocycles. The monoisotopic (exact) mass is 1890 g/mol. The van der Waals surface area contributed by atoms with E-state index in [1.54, 1.807) is 168 Å². The van der Waals surface area contributed by atoms with Gasteiger partial charge < -0.3 is 42.6 Å². The highest BCUT2D eigenvalue weighted by Gasteiger charge is 2.31. The number of hydrogen-bond acceptors (Lipinski definition) is 15. The molecular formula is C127H133N3O12. The first-order valence-corrected chi connectivity index (χ1v) is 50.8. The second kappa shape index (κ2) is 58.8. The Morgan fingerprint density at radius 2 is 0.458 bits per heavy atom. The highest BCUT2D eigenvalue weighted by atomic mass is 16.5. The lowest BCUT2D eigenvalue weighted by Crippen LogP contribution is -2.12. The number of aromatic nitrogens is 3. The Kier molecular flexibility index (Phi) is 43.8. The van der Waals surface area contributed by atoms with Crippen LogP contribution < -0.4 is 42.6 Å². The van der Waals surface area contributed by atoms with Crippen molar-refractivity contribution in [1.82, 2.24) is 15.0 Å². The quantitative estimate of drug-likeness (QED) is 0.0116. The fraction of sp³-hybridized carbons (Fsp3) is 0.339. The highest BCUT2D eigenvalue weighted by molar-refractivity contribution is 5.93. The Hall–Kier alpha value is -15.0. The molecule has 3 aromatic heterocycles. The molecule has 9 aromatic carbocycles. The molecule has 0 bridgehead atoms. The molecule has 0 spiro atoms. The number of carbonyl (C=O) groups excluding carboxylic acids is 3. The third-order valence-corrected chi connectivity index (χ3v) is 24.5. The van der Waals surface area contributed by atoms with Gasteiger partial charge in [-0.3, -0.25) is 15.0 Å². The van der Waals surface area contributed by atoms with E-state index >= 15 is 0 Å². The number of hydrogen-bond donors (Lipinski definition) is 0. The fourth-order valence-corrected chi connectivity index (χ4v) is 17.1. The van der Waals surface area contributed by atoms with Crippen LogP contribution in [0.1, 0.15) is 351 Å². The Labute approximate surface area is 842 Å². The molecule has 12 aromatic rings. The van der Waals surface area contributed by atoms with Gasteiger partial charge in [-0.25, -0.2) is 14.4 Å². The summed E-state index contributed by atoms with van der Waals surface area (Å²) in [5, 5.41) is 0. The minimum Gasteiger partial charge on any atom is -0.496 e. The van der Waals surface area contributed by atoms with Gasteiger partial charge in [-0.15, -0.1) is 0 Å². The molecule has 15 heteroatoms. The summed E-state index contributed by atoms with van der Waals surface area (Å²) < 4.78 is 56.8. The molecule has 0 radical (unpaired) electrons. The second-order valence-corrected chi connectivity index (χ2v) is 36.0. The van der Waals surface area contributed by atoms with Crippen LogP contribution in [0.5, 0.6) is 51.7 Å². The Morgan fingerprint density at radius 1 is 0.246 bits per heavy atom. The molecule has 12 rings (SSSR count). The van der Waals surface area contributed by atoms with Crippen molar-refractivity contribution in [3.63, 3.8) is 0 Å². The van der Waals surface area contributed by atoms with E-state index in [4.69, 9.17) is 42.6 Å². The molecule has 0 aliphatic carbocycles. The summed E-state index contributed by atoms with van der Waals surface area (Å²) in [4.78, 5) is 55.5. The first-order valence-electron chi connectivity index (χ1n) is 50.8. The number of unbranched alkanes of at least 4 members (excludes halogenated alkanes) is 27. The Bertz CT molecular complexity index is 5890. The van der Waals surface area contributed by atoms with Crippen LogP contribution in [0.15, 0.2) is 237 Å². The zero-order chi connectivity index (χ0) is 99.5. The third kappa shape index (κ3) is 35.1. The number of esters is 3. The van der Waals surface area contributed by atoms with Crippen LogP contribution in [0.4, 0.5) is 0 Å². The minimum atomic E-state index is -0.812. The molecule has 0 aliphatic heterocycles. The predicted molar refractivity (Wildman–Crippen MR) is 568 cm³/mol. The summed E-state index contributed by atoms with van der Waals surface area (Å²) in [6.45, 7) is 14.5. The summed E-state index contributed by atoms with van der Waals surface area (Å²) in [7, 11) is 4.93. The Balaban J connectivity index is 0.902. The van der Waals surface area contributed by atoms with Gasteiger partial charge >= 0.3 is 17.9 Å². The summed E-state index contributed by atoms with van der Waals surface area (Å²) in [6, 6.07) is 60.1. The van der Waals surface area contributed by atoms with E-state index < -0.39 is 23.8 Å². The fourth-order valence-electron chi connectivity index (χ4n) is 17.1. The minimum absolute atomic E-state index is 0.239. The lowest BCUT2D eigenvalue weighted by Gasteiger charge is -2.27. The van der Waals surface area contributed by atoms with Crippen molar-refractivity contribution in [3.05, 3.63) is 354 Å². The normalized spacial score (nSPS) is 10.6. The average molecular weight is 1890 g/mol. The first-order chi connectivity index (χ1) is 69.6. The number of carbonyl (C=O) groups is 3. The van der Waals surface area contributed by atoms with Crippen molar-refractivity contribution in [2.45, 2.75) is 240 Å². The van der Waals surface area contributed by atoms with E-state index in [1.165, 1.54) is 154 Å². The zero-order valence-corrected chi connectivity index (χ0v) is 84.2. The average Bonchev–Trinajstić information content (AvgIpc) is 0.750. The number of nitrogens with zero attached hydrogens (tertiary/aromatic N) is 3. The van der Waals surface area contributed by atoms with Crippen molar-refractivity contribution in [1.29, 1.82) is 0 Å². The molecule has 0 aliphatic rings. The van der Waals surface area contributed by atoms with Crippen molar-refractivity contribution in [2.75, 3.05) is 41.2 Å². The van der Waals surface area contributed by atoms with Crippen LogP contribution >= 0.6 is 0 Å². The van der Waals surface area contributed by atoms with Crippen molar-refractivity contribution in [2.24, 2.45) is 0 Å². The van der Waals surface area contributed by atoms with E-state index in [2.05, 4.69) is 107 Å². The number of methoxy groups -OCH3 is 3. The van der Waals surface area contributed by atoms with Gasteiger partial charge in [0.1, 0.15) is 51.7 Å². The van der Waals surface area contributed by atoms with Crippen LogP contribution in [0, 0.1) is 91.8 Å². The number of aryl methyl sites for hydroxylation is 3. The van der Waals surface area contributed by atoms with Crippen LogP contribution in [0.3, 0.4) is 0 Å². The molecule has 15 nitrogen and oxygen atoms in total. The molecular weight excluding hydrogens is 1760 g/mol. The molecule has 3 heterocycles. The largest absolute Gasteiger partial charge is 0.496 e. The maximum atomic E-state index is 14.2. The zero-order valence-electron chi connectivity index (χ0n) is 84.2. The lowest BCUT2D eigenvalue weighted by molar-refractivity contribution is 0.0725. The molecule has 728 valence electrons. The second-order valence-electron chi connectivity index (χ2n) is 36.0. The molecule has 0 fully saturated rings. The number of benzene rings is 9.